The first-order valence-electron chi connectivity index (χ1n) is 10.8. The summed E-state index contributed by atoms with van der Waals surface area (Å²) in [5.74, 6) is 0.218. The van der Waals surface area contributed by atoms with Crippen molar-refractivity contribution in [3.8, 4) is 0 Å². The zero-order valence-corrected chi connectivity index (χ0v) is 19.5. The topological polar surface area (TPSA) is 57.6 Å². The normalized spacial score (nSPS) is 18.5. The molecule has 1 saturated heterocycles. The second-order valence-electron chi connectivity index (χ2n) is 7.97. The monoisotopic (exact) mass is 463 g/mol. The van der Waals surface area contributed by atoms with Crippen LogP contribution in [-0.2, 0) is 9.59 Å². The van der Waals surface area contributed by atoms with Crippen LogP contribution in [-0.4, -0.2) is 28.4 Å². The molecule has 0 radical (unpaired) electrons. The largest absolute Gasteiger partial charge is 0.481 e. The Morgan fingerprint density at radius 2 is 1.48 bits per heavy atom. The maximum atomic E-state index is 12.3. The number of halogens is 2. The predicted molar refractivity (Wildman–Crippen MR) is 126 cm³/mol. The number of carboxylic acid groups (broad SMARTS) is 1. The number of carboxylic acids is 1. The second kappa shape index (κ2) is 13.4. The third-order valence-corrected chi connectivity index (χ3v) is 5.99. The molecule has 6 heteroatoms. The van der Waals surface area contributed by atoms with Crippen LogP contribution in [0.5, 0.6) is 0 Å². The third kappa shape index (κ3) is 9.32. The summed E-state index contributed by atoms with van der Waals surface area (Å²) in [6, 6.07) is 17.7. The quantitative estimate of drug-likeness (QED) is 0.531. The van der Waals surface area contributed by atoms with Gasteiger partial charge in [0, 0.05) is 29.9 Å². The molecular formula is C25H31Cl2NO3. The minimum absolute atomic E-state index is 0.258. The van der Waals surface area contributed by atoms with Gasteiger partial charge in [0.1, 0.15) is 0 Å². The molecule has 1 aliphatic heterocycles. The number of amides is 1. The van der Waals surface area contributed by atoms with Gasteiger partial charge >= 0.3 is 0 Å². The fourth-order valence-corrected chi connectivity index (χ4v) is 4.34. The average Bonchev–Trinajstić information content (AvgIpc) is 3.24. The fraction of sp³-hybridized carbons (Fsp3) is 0.440. The molecule has 0 aromatic heterocycles. The van der Waals surface area contributed by atoms with Crippen LogP contribution in [0.1, 0.15) is 63.5 Å². The van der Waals surface area contributed by atoms with Gasteiger partial charge in [0.05, 0.1) is 6.04 Å². The fourth-order valence-electron chi connectivity index (χ4n) is 4.07. The molecule has 168 valence electrons. The Morgan fingerprint density at radius 1 is 0.935 bits per heavy atom. The molecule has 2 aromatic rings. The molecule has 0 unspecified atom stereocenters. The lowest BCUT2D eigenvalue weighted by Crippen LogP contribution is -2.40. The van der Waals surface area contributed by atoms with Crippen molar-refractivity contribution >= 4 is 35.1 Å². The number of aliphatic carboxylic acids is 1. The molecule has 2 aromatic carbocycles. The lowest BCUT2D eigenvalue weighted by atomic mass is 9.93. The van der Waals surface area contributed by atoms with E-state index in [-0.39, 0.29) is 6.04 Å². The van der Waals surface area contributed by atoms with Gasteiger partial charge in [0.15, 0.2) is 0 Å². The Labute approximate surface area is 195 Å². The molecule has 0 spiro atoms. The average molecular weight is 464 g/mol. The second-order valence-corrected chi connectivity index (χ2v) is 8.84. The number of hydrogen-bond acceptors (Lipinski definition) is 2. The Balaban J connectivity index is 0.000000256. The minimum Gasteiger partial charge on any atom is -0.481 e. The highest BCUT2D eigenvalue weighted by Crippen LogP contribution is 2.35. The van der Waals surface area contributed by atoms with Gasteiger partial charge in [-0.25, -0.2) is 0 Å². The van der Waals surface area contributed by atoms with Gasteiger partial charge in [-0.15, -0.1) is 0 Å². The zero-order valence-electron chi connectivity index (χ0n) is 18.0. The van der Waals surface area contributed by atoms with E-state index in [1.165, 1.54) is 31.2 Å². The summed E-state index contributed by atoms with van der Waals surface area (Å²) < 4.78 is 0. The lowest BCUT2D eigenvalue weighted by molar-refractivity contribution is -0.137. The van der Waals surface area contributed by atoms with Gasteiger partial charge in [-0.3, -0.25) is 9.59 Å². The molecule has 1 saturated carbocycles. The molecule has 1 atom stereocenters. The van der Waals surface area contributed by atoms with E-state index in [9.17, 15) is 4.79 Å². The van der Waals surface area contributed by atoms with Crippen LogP contribution in [0.2, 0.25) is 10.0 Å². The minimum atomic E-state index is -0.833. The Bertz CT molecular complexity index is 801. The van der Waals surface area contributed by atoms with Gasteiger partial charge in [-0.1, -0.05) is 66.4 Å². The lowest BCUT2D eigenvalue weighted by Gasteiger charge is -2.37. The molecule has 1 amide bonds. The number of rotatable bonds is 3. The van der Waals surface area contributed by atoms with Crippen molar-refractivity contribution in [3.05, 3.63) is 70.2 Å². The van der Waals surface area contributed by atoms with Crippen molar-refractivity contribution in [2.24, 2.45) is 5.92 Å². The summed E-state index contributed by atoms with van der Waals surface area (Å²) in [5.41, 5.74) is 1.24. The standard InChI is InChI=1S/C17H22ClNO.C6H5Cl.C2H4O2/c18-15-10-8-14(9-11-15)16-6-3-7-17(20)19(16)12-13-4-1-2-5-13;7-6-4-2-1-3-5-6;1-2(3)4/h8-11,13,16H,1-7,12H2;1-5H;1H3,(H,3,4)/t16-;;/m0../s1. The molecule has 4 nitrogen and oxygen atoms in total. The van der Waals surface area contributed by atoms with Gasteiger partial charge in [-0.2, -0.15) is 0 Å². The van der Waals surface area contributed by atoms with E-state index in [1.807, 2.05) is 42.5 Å². The van der Waals surface area contributed by atoms with Gasteiger partial charge < -0.3 is 10.0 Å². The van der Waals surface area contributed by atoms with E-state index < -0.39 is 5.97 Å². The molecule has 0 bridgehead atoms. The van der Waals surface area contributed by atoms with E-state index in [2.05, 4.69) is 17.0 Å². The van der Waals surface area contributed by atoms with Crippen LogP contribution >= 0.6 is 23.2 Å². The van der Waals surface area contributed by atoms with Crippen molar-refractivity contribution < 1.29 is 14.7 Å². The van der Waals surface area contributed by atoms with E-state index in [1.54, 1.807) is 0 Å². The van der Waals surface area contributed by atoms with Crippen LogP contribution in [0.25, 0.3) is 0 Å². The van der Waals surface area contributed by atoms with Gasteiger partial charge in [0.25, 0.3) is 5.97 Å². The van der Waals surface area contributed by atoms with E-state index in [4.69, 9.17) is 33.1 Å². The molecule has 1 N–H and O–H groups in total. The summed E-state index contributed by atoms with van der Waals surface area (Å²) in [4.78, 5) is 23.5. The van der Waals surface area contributed by atoms with Crippen molar-refractivity contribution in [2.75, 3.05) is 6.54 Å². The SMILES string of the molecule is CC(=O)O.Clc1ccccc1.O=C1CCC[C@@H](c2ccc(Cl)cc2)N1CC1CCCC1. The number of carbonyl (C=O) groups excluding carboxylic acids is 1. The smallest absolute Gasteiger partial charge is 0.300 e. The molecule has 4 rings (SSSR count). The van der Waals surface area contributed by atoms with E-state index >= 15 is 0 Å². The molecule has 2 fully saturated rings. The van der Waals surface area contributed by atoms with Crippen LogP contribution in [0.15, 0.2) is 54.6 Å². The van der Waals surface area contributed by atoms with Crippen molar-refractivity contribution in [2.45, 2.75) is 57.9 Å². The Kier molecular flexibility index (Phi) is 10.9. The summed E-state index contributed by atoms with van der Waals surface area (Å²) in [6.07, 6.45) is 8.05. The third-order valence-electron chi connectivity index (χ3n) is 5.48. The number of likely N-dealkylation sites (tertiary alicyclic amines) is 1. The number of nitrogens with zero attached hydrogens (tertiary/aromatic N) is 1. The van der Waals surface area contributed by atoms with Crippen molar-refractivity contribution in [1.82, 2.24) is 4.90 Å². The van der Waals surface area contributed by atoms with Crippen LogP contribution in [0.4, 0.5) is 0 Å². The first-order valence-corrected chi connectivity index (χ1v) is 11.6. The Morgan fingerprint density at radius 3 is 2.00 bits per heavy atom. The van der Waals surface area contributed by atoms with E-state index in [0.29, 0.717) is 11.8 Å². The number of hydrogen-bond donors (Lipinski definition) is 1. The highest BCUT2D eigenvalue weighted by atomic mass is 35.5. The maximum absolute atomic E-state index is 12.3. The molecule has 31 heavy (non-hydrogen) atoms. The number of carbonyl (C=O) groups is 2. The highest BCUT2D eigenvalue weighted by Gasteiger charge is 2.31. The zero-order chi connectivity index (χ0) is 22.6. The van der Waals surface area contributed by atoms with Gasteiger partial charge in [0.2, 0.25) is 5.91 Å². The first-order chi connectivity index (χ1) is 14.9. The van der Waals surface area contributed by atoms with Crippen molar-refractivity contribution in [1.29, 1.82) is 0 Å². The molecule has 1 aliphatic carbocycles. The molecule has 1 heterocycles. The summed E-state index contributed by atoms with van der Waals surface area (Å²) in [5, 5.41) is 8.97. The maximum Gasteiger partial charge on any atom is 0.300 e. The predicted octanol–water partition coefficient (Wildman–Crippen LogP) is 7.01. The highest BCUT2D eigenvalue weighted by molar-refractivity contribution is 6.30. The summed E-state index contributed by atoms with van der Waals surface area (Å²) in [6.45, 7) is 2.03. The van der Waals surface area contributed by atoms with Crippen molar-refractivity contribution in [3.63, 3.8) is 0 Å². The summed E-state index contributed by atoms with van der Waals surface area (Å²) in [7, 11) is 0. The number of benzene rings is 2. The molecular weight excluding hydrogens is 433 g/mol. The first kappa shape index (κ1) is 25.2. The van der Waals surface area contributed by atoms with Gasteiger partial charge in [-0.05, 0) is 61.4 Å². The summed E-state index contributed by atoms with van der Waals surface area (Å²) >= 11 is 11.5. The van der Waals surface area contributed by atoms with Crippen LogP contribution in [0.3, 0.4) is 0 Å². The number of piperidine rings is 1. The van der Waals surface area contributed by atoms with Crippen LogP contribution < -0.4 is 0 Å². The van der Waals surface area contributed by atoms with E-state index in [0.717, 1.165) is 42.8 Å². The molecule has 2 aliphatic rings. The van der Waals surface area contributed by atoms with Crippen LogP contribution in [0, 0.1) is 5.92 Å². The Hall–Kier alpha value is -2.04.